The fourth-order valence-corrected chi connectivity index (χ4v) is 3.90. The molecule has 1 aliphatic heterocycles. The van der Waals surface area contributed by atoms with Crippen LogP contribution in [0.1, 0.15) is 0 Å². The van der Waals surface area contributed by atoms with E-state index < -0.39 is 10.0 Å². The molecule has 9 nitrogen and oxygen atoms in total. The summed E-state index contributed by atoms with van der Waals surface area (Å²) in [6.07, 6.45) is 1.56. The molecule has 0 saturated heterocycles. The van der Waals surface area contributed by atoms with Crippen LogP contribution < -0.4 is 20.1 Å². The van der Waals surface area contributed by atoms with Crippen LogP contribution in [0.4, 0.5) is 23.1 Å². The summed E-state index contributed by atoms with van der Waals surface area (Å²) in [5.74, 6) is 1.85. The zero-order valence-corrected chi connectivity index (χ0v) is 17.7. The Balaban J connectivity index is 1.58. The third-order valence-electron chi connectivity index (χ3n) is 4.27. The summed E-state index contributed by atoms with van der Waals surface area (Å²) in [6.45, 7) is 0.118. The monoisotopic (exact) mass is 447 g/mol. The van der Waals surface area contributed by atoms with E-state index in [4.69, 9.17) is 21.1 Å². The Morgan fingerprint density at radius 1 is 1.10 bits per heavy atom. The maximum atomic E-state index is 12.3. The van der Waals surface area contributed by atoms with Gasteiger partial charge in [0.25, 0.3) is 0 Å². The first-order valence-corrected chi connectivity index (χ1v) is 10.6. The second kappa shape index (κ2) is 7.98. The van der Waals surface area contributed by atoms with Gasteiger partial charge in [-0.15, -0.1) is 0 Å². The lowest BCUT2D eigenvalue weighted by atomic mass is 10.2. The van der Waals surface area contributed by atoms with E-state index in [9.17, 15) is 8.42 Å². The fraction of sp³-hybridized carbons (Fsp3) is 0.158. The summed E-state index contributed by atoms with van der Waals surface area (Å²) in [5, 5.41) is 6.59. The van der Waals surface area contributed by atoms with Crippen LogP contribution in [-0.2, 0) is 10.0 Å². The highest BCUT2D eigenvalue weighted by Crippen LogP contribution is 2.44. The zero-order chi connectivity index (χ0) is 21.3. The highest BCUT2D eigenvalue weighted by Gasteiger charge is 2.21. The van der Waals surface area contributed by atoms with Gasteiger partial charge in [0.15, 0.2) is 11.5 Å². The number of hydrogen-bond donors (Lipinski definition) is 2. The predicted octanol–water partition coefficient (Wildman–Crippen LogP) is 3.60. The third-order valence-corrected chi connectivity index (χ3v) is 6.39. The molecule has 3 aromatic rings. The second-order valence-corrected chi connectivity index (χ2v) is 9.05. The van der Waals surface area contributed by atoms with E-state index in [-0.39, 0.29) is 17.6 Å². The molecule has 1 aliphatic rings. The number of ether oxygens (including phenoxy) is 2. The van der Waals surface area contributed by atoms with Crippen LogP contribution in [0.2, 0.25) is 5.02 Å². The Morgan fingerprint density at radius 3 is 2.73 bits per heavy atom. The van der Waals surface area contributed by atoms with Crippen molar-refractivity contribution in [3.8, 4) is 11.5 Å². The Bertz CT molecular complexity index is 1200. The van der Waals surface area contributed by atoms with Crippen molar-refractivity contribution in [2.75, 3.05) is 31.5 Å². The molecule has 0 aliphatic carbocycles. The van der Waals surface area contributed by atoms with Crippen molar-refractivity contribution in [1.29, 1.82) is 0 Å². The SMILES string of the molecule is CN(C)S(=O)(=O)c1cccc(Nc2nccc(Nc3c(Cl)ccc4c3OCO4)n2)c1. The Kier molecular flexibility index (Phi) is 5.37. The smallest absolute Gasteiger partial charge is 0.242 e. The normalized spacial score (nSPS) is 12.8. The zero-order valence-electron chi connectivity index (χ0n) is 16.1. The Labute approximate surface area is 178 Å². The van der Waals surface area contributed by atoms with Gasteiger partial charge in [-0.3, -0.25) is 0 Å². The molecule has 2 heterocycles. The van der Waals surface area contributed by atoms with Crippen LogP contribution in [0.5, 0.6) is 11.5 Å². The molecule has 2 N–H and O–H groups in total. The number of benzene rings is 2. The number of nitrogens with one attached hydrogen (secondary N) is 2. The van der Waals surface area contributed by atoms with E-state index in [0.29, 0.717) is 33.7 Å². The van der Waals surface area contributed by atoms with Gasteiger partial charge in [0.05, 0.1) is 9.92 Å². The van der Waals surface area contributed by atoms with E-state index in [2.05, 4.69) is 20.6 Å². The quantitative estimate of drug-likeness (QED) is 0.590. The minimum Gasteiger partial charge on any atom is -0.454 e. The molecule has 2 aromatic carbocycles. The third kappa shape index (κ3) is 3.97. The summed E-state index contributed by atoms with van der Waals surface area (Å²) < 4.78 is 36.7. The van der Waals surface area contributed by atoms with Crippen molar-refractivity contribution in [1.82, 2.24) is 14.3 Å². The van der Waals surface area contributed by atoms with Crippen LogP contribution in [0, 0.1) is 0 Å². The predicted molar refractivity (Wildman–Crippen MR) is 113 cm³/mol. The molecule has 0 atom stereocenters. The number of anilines is 4. The van der Waals surface area contributed by atoms with Gasteiger partial charge in [0.1, 0.15) is 11.5 Å². The van der Waals surface area contributed by atoms with Crippen molar-refractivity contribution in [2.45, 2.75) is 4.90 Å². The first-order valence-electron chi connectivity index (χ1n) is 8.82. The van der Waals surface area contributed by atoms with Gasteiger partial charge in [0.2, 0.25) is 22.8 Å². The summed E-state index contributed by atoms with van der Waals surface area (Å²) in [4.78, 5) is 8.76. The minimum absolute atomic E-state index is 0.118. The van der Waals surface area contributed by atoms with E-state index in [1.807, 2.05) is 0 Å². The summed E-state index contributed by atoms with van der Waals surface area (Å²) in [5.41, 5.74) is 1.07. The van der Waals surface area contributed by atoms with Crippen LogP contribution in [0.3, 0.4) is 0 Å². The first kappa shape index (κ1) is 20.2. The molecular weight excluding hydrogens is 430 g/mol. The lowest BCUT2D eigenvalue weighted by molar-refractivity contribution is 0.174. The molecule has 0 amide bonds. The lowest BCUT2D eigenvalue weighted by Gasteiger charge is -2.13. The van der Waals surface area contributed by atoms with Gasteiger partial charge in [-0.2, -0.15) is 4.98 Å². The van der Waals surface area contributed by atoms with Gasteiger partial charge < -0.3 is 20.1 Å². The molecule has 0 spiro atoms. The average Bonchev–Trinajstić information content (AvgIpc) is 3.20. The maximum Gasteiger partial charge on any atom is 0.242 e. The first-order chi connectivity index (χ1) is 14.3. The van der Waals surface area contributed by atoms with Crippen molar-refractivity contribution in [3.05, 3.63) is 53.7 Å². The van der Waals surface area contributed by atoms with Gasteiger partial charge in [-0.25, -0.2) is 17.7 Å². The number of nitrogens with zero attached hydrogens (tertiary/aromatic N) is 3. The van der Waals surface area contributed by atoms with Crippen LogP contribution >= 0.6 is 11.6 Å². The maximum absolute atomic E-state index is 12.3. The second-order valence-electron chi connectivity index (χ2n) is 6.49. The van der Waals surface area contributed by atoms with E-state index in [0.717, 1.165) is 4.31 Å². The molecule has 0 unspecified atom stereocenters. The van der Waals surface area contributed by atoms with Crippen molar-refractivity contribution in [3.63, 3.8) is 0 Å². The largest absolute Gasteiger partial charge is 0.454 e. The van der Waals surface area contributed by atoms with Crippen molar-refractivity contribution < 1.29 is 17.9 Å². The molecule has 156 valence electrons. The average molecular weight is 448 g/mol. The highest BCUT2D eigenvalue weighted by atomic mass is 35.5. The number of aromatic nitrogens is 2. The van der Waals surface area contributed by atoms with E-state index in [1.165, 1.54) is 26.2 Å². The summed E-state index contributed by atoms with van der Waals surface area (Å²) >= 11 is 6.30. The van der Waals surface area contributed by atoms with Gasteiger partial charge in [0, 0.05) is 26.0 Å². The Morgan fingerprint density at radius 2 is 1.93 bits per heavy atom. The van der Waals surface area contributed by atoms with Gasteiger partial charge >= 0.3 is 0 Å². The molecular formula is C19H18ClN5O4S. The molecule has 30 heavy (non-hydrogen) atoms. The Hall–Kier alpha value is -3.08. The number of halogens is 1. The van der Waals surface area contributed by atoms with Crippen molar-refractivity contribution in [2.24, 2.45) is 0 Å². The molecule has 0 saturated carbocycles. The number of fused-ring (bicyclic) bond motifs is 1. The lowest BCUT2D eigenvalue weighted by Crippen LogP contribution is -2.22. The molecule has 0 radical (unpaired) electrons. The molecule has 0 bridgehead atoms. The van der Waals surface area contributed by atoms with Crippen molar-refractivity contribution >= 4 is 44.8 Å². The molecule has 4 rings (SSSR count). The van der Waals surface area contributed by atoms with E-state index in [1.54, 1.807) is 36.5 Å². The van der Waals surface area contributed by atoms with Gasteiger partial charge in [-0.05, 0) is 36.4 Å². The van der Waals surface area contributed by atoms with Crippen LogP contribution in [0.15, 0.2) is 53.6 Å². The van der Waals surface area contributed by atoms with Crippen LogP contribution in [0.25, 0.3) is 0 Å². The van der Waals surface area contributed by atoms with Crippen LogP contribution in [-0.4, -0.2) is 43.6 Å². The number of sulfonamides is 1. The standard InChI is InChI=1S/C19H18ClN5O4S/c1-25(2)30(26,27)13-5-3-4-12(10-13)22-19-21-9-8-16(24-19)23-17-14(20)6-7-15-18(17)29-11-28-15/h3-10H,11H2,1-2H3,(H2,21,22,23,24). The number of hydrogen-bond acceptors (Lipinski definition) is 8. The number of rotatable bonds is 6. The summed E-state index contributed by atoms with van der Waals surface area (Å²) in [6, 6.07) is 11.5. The fourth-order valence-electron chi connectivity index (χ4n) is 2.76. The topological polar surface area (TPSA) is 106 Å². The molecule has 1 aromatic heterocycles. The van der Waals surface area contributed by atoms with Gasteiger partial charge in [-0.1, -0.05) is 17.7 Å². The minimum atomic E-state index is -3.55. The van der Waals surface area contributed by atoms with E-state index >= 15 is 0 Å². The molecule has 0 fully saturated rings. The highest BCUT2D eigenvalue weighted by molar-refractivity contribution is 7.89. The summed E-state index contributed by atoms with van der Waals surface area (Å²) in [7, 11) is -0.591. The molecule has 11 heteroatoms.